The maximum atomic E-state index is 4.34. The van der Waals surface area contributed by atoms with Crippen LogP contribution in [0, 0.1) is 0 Å². The van der Waals surface area contributed by atoms with E-state index in [0.29, 0.717) is 12.0 Å². The summed E-state index contributed by atoms with van der Waals surface area (Å²) in [7, 11) is 1.99. The van der Waals surface area contributed by atoms with Gasteiger partial charge in [-0.2, -0.15) is 5.10 Å². The van der Waals surface area contributed by atoms with Crippen molar-refractivity contribution in [2.24, 2.45) is 7.05 Å². The molecule has 0 aliphatic carbocycles. The molecular formula is C18H19N3. The molecule has 0 saturated carbocycles. The predicted molar refractivity (Wildman–Crippen MR) is 85.4 cm³/mol. The lowest BCUT2D eigenvalue weighted by Gasteiger charge is -2.31. The van der Waals surface area contributed by atoms with Gasteiger partial charge in [-0.3, -0.25) is 4.68 Å². The molecule has 0 spiro atoms. The summed E-state index contributed by atoms with van der Waals surface area (Å²) in [6.45, 7) is 3.23. The van der Waals surface area contributed by atoms with Gasteiger partial charge in [-0.1, -0.05) is 30.3 Å². The fourth-order valence-electron chi connectivity index (χ4n) is 3.43. The van der Waals surface area contributed by atoms with Gasteiger partial charge in [0.05, 0.1) is 11.7 Å². The summed E-state index contributed by atoms with van der Waals surface area (Å²) in [6, 6.07) is 15.9. The van der Waals surface area contributed by atoms with Gasteiger partial charge in [0.25, 0.3) is 0 Å². The third kappa shape index (κ3) is 1.96. The number of aryl methyl sites for hydroxylation is 1. The number of hydrogen-bond donors (Lipinski definition) is 1. The fourth-order valence-corrected chi connectivity index (χ4v) is 3.43. The van der Waals surface area contributed by atoms with E-state index in [4.69, 9.17) is 0 Å². The molecule has 1 aromatic heterocycles. The molecule has 0 bridgehead atoms. The molecule has 0 amide bonds. The summed E-state index contributed by atoms with van der Waals surface area (Å²) >= 11 is 0. The van der Waals surface area contributed by atoms with Crippen molar-refractivity contribution in [3.05, 3.63) is 65.4 Å². The van der Waals surface area contributed by atoms with E-state index < -0.39 is 0 Å². The van der Waals surface area contributed by atoms with E-state index in [2.05, 4.69) is 59.8 Å². The highest BCUT2D eigenvalue weighted by Gasteiger charge is 2.25. The van der Waals surface area contributed by atoms with E-state index in [-0.39, 0.29) is 0 Å². The van der Waals surface area contributed by atoms with E-state index >= 15 is 0 Å². The molecule has 106 valence electrons. The van der Waals surface area contributed by atoms with E-state index in [1.54, 1.807) is 0 Å². The Bertz CT molecular complexity index is 803. The predicted octanol–water partition coefficient (Wildman–Crippen LogP) is 3.37. The zero-order valence-corrected chi connectivity index (χ0v) is 12.4. The number of nitrogens with one attached hydrogen (secondary N) is 1. The number of nitrogens with zero attached hydrogens (tertiary/aromatic N) is 2. The van der Waals surface area contributed by atoms with Crippen LogP contribution in [0.2, 0.25) is 0 Å². The second-order valence-electron chi connectivity index (χ2n) is 5.90. The maximum Gasteiger partial charge on any atom is 0.0679 e. The van der Waals surface area contributed by atoms with Crippen molar-refractivity contribution in [1.29, 1.82) is 0 Å². The molecule has 2 aromatic carbocycles. The Morgan fingerprint density at radius 3 is 2.81 bits per heavy atom. The molecular weight excluding hydrogens is 258 g/mol. The molecule has 0 fully saturated rings. The van der Waals surface area contributed by atoms with Crippen LogP contribution in [0.4, 0.5) is 0 Å². The first-order valence-corrected chi connectivity index (χ1v) is 7.48. The Morgan fingerprint density at radius 2 is 1.95 bits per heavy atom. The van der Waals surface area contributed by atoms with Crippen LogP contribution >= 0.6 is 0 Å². The molecule has 2 heterocycles. The molecule has 1 aliphatic heterocycles. The standard InChI is InChI=1S/C18H19N3/c1-12-15-5-3-4-6-16(15)17(11-19-12)13-7-8-18-14(9-13)10-20-21(18)2/h3-10,12,17,19H,11H2,1-2H3. The minimum Gasteiger partial charge on any atom is -0.309 e. The van der Waals surface area contributed by atoms with Crippen molar-refractivity contribution in [2.75, 3.05) is 6.54 Å². The van der Waals surface area contributed by atoms with Crippen LogP contribution in [0.15, 0.2) is 48.7 Å². The summed E-state index contributed by atoms with van der Waals surface area (Å²) in [6.07, 6.45) is 1.95. The summed E-state index contributed by atoms with van der Waals surface area (Å²) in [4.78, 5) is 0. The van der Waals surface area contributed by atoms with Crippen molar-refractivity contribution < 1.29 is 0 Å². The monoisotopic (exact) mass is 277 g/mol. The molecule has 3 nitrogen and oxygen atoms in total. The summed E-state index contributed by atoms with van der Waals surface area (Å²) < 4.78 is 1.92. The molecule has 2 atom stereocenters. The first-order valence-electron chi connectivity index (χ1n) is 7.48. The van der Waals surface area contributed by atoms with Crippen molar-refractivity contribution in [1.82, 2.24) is 15.1 Å². The highest BCUT2D eigenvalue weighted by molar-refractivity contribution is 5.79. The smallest absolute Gasteiger partial charge is 0.0679 e. The lowest BCUT2D eigenvalue weighted by atomic mass is 9.83. The summed E-state index contributed by atoms with van der Waals surface area (Å²) in [5, 5.41) is 9.17. The van der Waals surface area contributed by atoms with E-state index in [0.717, 1.165) is 6.54 Å². The van der Waals surface area contributed by atoms with Gasteiger partial charge in [0.15, 0.2) is 0 Å². The van der Waals surface area contributed by atoms with E-state index in [9.17, 15) is 0 Å². The van der Waals surface area contributed by atoms with Gasteiger partial charge in [0.1, 0.15) is 0 Å². The van der Waals surface area contributed by atoms with Crippen LogP contribution < -0.4 is 5.32 Å². The third-order valence-corrected chi connectivity index (χ3v) is 4.64. The van der Waals surface area contributed by atoms with Crippen LogP contribution in [-0.4, -0.2) is 16.3 Å². The highest BCUT2D eigenvalue weighted by atomic mass is 15.2. The minimum absolute atomic E-state index is 0.419. The second kappa shape index (κ2) is 4.71. The Morgan fingerprint density at radius 1 is 1.14 bits per heavy atom. The van der Waals surface area contributed by atoms with E-state index in [1.165, 1.54) is 27.6 Å². The van der Waals surface area contributed by atoms with Gasteiger partial charge in [-0.25, -0.2) is 0 Å². The van der Waals surface area contributed by atoms with Crippen molar-refractivity contribution in [3.8, 4) is 0 Å². The molecule has 1 N–H and O–H groups in total. The lowest BCUT2D eigenvalue weighted by molar-refractivity contribution is 0.508. The largest absolute Gasteiger partial charge is 0.309 e. The van der Waals surface area contributed by atoms with Crippen LogP contribution in [-0.2, 0) is 7.05 Å². The molecule has 4 rings (SSSR count). The number of aromatic nitrogens is 2. The first kappa shape index (κ1) is 12.6. The van der Waals surface area contributed by atoms with Crippen LogP contribution in [0.25, 0.3) is 10.9 Å². The van der Waals surface area contributed by atoms with Gasteiger partial charge in [-0.15, -0.1) is 0 Å². The SMILES string of the molecule is CC1NCC(c2ccc3c(cnn3C)c2)c2ccccc21. The zero-order chi connectivity index (χ0) is 14.4. The summed E-state index contributed by atoms with van der Waals surface area (Å²) in [5.74, 6) is 0.419. The third-order valence-electron chi connectivity index (χ3n) is 4.64. The number of rotatable bonds is 1. The first-order chi connectivity index (χ1) is 10.2. The average molecular weight is 277 g/mol. The molecule has 0 saturated heterocycles. The Kier molecular flexibility index (Phi) is 2.82. The molecule has 21 heavy (non-hydrogen) atoms. The van der Waals surface area contributed by atoms with Gasteiger partial charge in [-0.05, 0) is 35.7 Å². The highest BCUT2D eigenvalue weighted by Crippen LogP contribution is 2.35. The normalized spacial score (nSPS) is 21.4. The quantitative estimate of drug-likeness (QED) is 0.739. The van der Waals surface area contributed by atoms with Crippen LogP contribution in [0.1, 0.15) is 35.6 Å². The van der Waals surface area contributed by atoms with Crippen LogP contribution in [0.5, 0.6) is 0 Å². The number of fused-ring (bicyclic) bond motifs is 2. The molecule has 1 aliphatic rings. The molecule has 0 radical (unpaired) electrons. The number of benzene rings is 2. The van der Waals surface area contributed by atoms with Crippen molar-refractivity contribution in [2.45, 2.75) is 18.9 Å². The molecule has 2 unspecified atom stereocenters. The Hall–Kier alpha value is -2.13. The topological polar surface area (TPSA) is 29.9 Å². The lowest BCUT2D eigenvalue weighted by Crippen LogP contribution is -2.31. The van der Waals surface area contributed by atoms with Crippen molar-refractivity contribution >= 4 is 10.9 Å². The van der Waals surface area contributed by atoms with Gasteiger partial charge in [0, 0.05) is 30.9 Å². The summed E-state index contributed by atoms with van der Waals surface area (Å²) in [5.41, 5.74) is 5.42. The average Bonchev–Trinajstić information content (AvgIpc) is 2.89. The Labute approximate surface area is 124 Å². The Balaban J connectivity index is 1.83. The van der Waals surface area contributed by atoms with Gasteiger partial charge in [0.2, 0.25) is 0 Å². The van der Waals surface area contributed by atoms with Crippen molar-refractivity contribution in [3.63, 3.8) is 0 Å². The maximum absolute atomic E-state index is 4.34. The zero-order valence-electron chi connectivity index (χ0n) is 12.4. The van der Waals surface area contributed by atoms with Gasteiger partial charge >= 0.3 is 0 Å². The second-order valence-corrected chi connectivity index (χ2v) is 5.90. The van der Waals surface area contributed by atoms with Crippen LogP contribution in [0.3, 0.4) is 0 Å². The fraction of sp³-hybridized carbons (Fsp3) is 0.278. The minimum atomic E-state index is 0.419. The molecule has 3 heteroatoms. The van der Waals surface area contributed by atoms with E-state index in [1.807, 2.05) is 17.9 Å². The molecule has 3 aromatic rings. The number of hydrogen-bond acceptors (Lipinski definition) is 2. The van der Waals surface area contributed by atoms with Gasteiger partial charge < -0.3 is 5.32 Å².